The molecule has 2 amide bonds. The topological polar surface area (TPSA) is 61.9 Å². The molecule has 0 spiro atoms. The van der Waals surface area contributed by atoms with Crippen molar-refractivity contribution in [3.8, 4) is 16.9 Å². The molecule has 3 aromatic rings. The minimum absolute atomic E-state index is 0.000646. The van der Waals surface area contributed by atoms with Crippen LogP contribution in [0.5, 0.6) is 5.75 Å². The fourth-order valence-electron chi connectivity index (χ4n) is 5.99. The number of ether oxygens (including phenoxy) is 1. The van der Waals surface area contributed by atoms with Crippen molar-refractivity contribution in [1.82, 2.24) is 15.1 Å². The van der Waals surface area contributed by atoms with Crippen molar-refractivity contribution in [2.45, 2.75) is 50.3 Å². The van der Waals surface area contributed by atoms with Gasteiger partial charge >= 0.3 is 0 Å². The number of piperidine rings is 1. The lowest BCUT2D eigenvalue weighted by Crippen LogP contribution is -2.80. The molecule has 0 bridgehead atoms. The normalized spacial score (nSPS) is 22.1. The van der Waals surface area contributed by atoms with Gasteiger partial charge in [0.05, 0.1) is 6.04 Å². The quantitative estimate of drug-likeness (QED) is 0.474. The second-order valence-corrected chi connectivity index (χ2v) is 11.5. The summed E-state index contributed by atoms with van der Waals surface area (Å²) in [6, 6.07) is 19.3. The van der Waals surface area contributed by atoms with E-state index >= 15 is 0 Å². The van der Waals surface area contributed by atoms with Gasteiger partial charge in [0.15, 0.2) is 17.2 Å². The van der Waals surface area contributed by atoms with Crippen LogP contribution < -0.4 is 10.1 Å². The molecule has 1 N–H and O–H groups in total. The zero-order valence-electron chi connectivity index (χ0n) is 22.7. The molecule has 0 radical (unpaired) electrons. The standard InChI is InChI=1S/C32H33F2N3O3/c1-32(2,31(39)37-19-28-29(37)17-35-28)40-25-10-4-7-21(15-25)24-9-5-13-36(18-24)30(38)23-8-3-6-20(14-23)22-11-12-26(33)27(34)16-22/h3-4,6-8,10-12,14-16,24,28-29,35H,5,9,13,17-19H2,1-2H3. The maximum absolute atomic E-state index is 13.8. The van der Waals surface area contributed by atoms with Gasteiger partial charge in [0, 0.05) is 43.7 Å². The minimum atomic E-state index is -0.980. The molecule has 3 aromatic carbocycles. The Labute approximate surface area is 232 Å². The van der Waals surface area contributed by atoms with Gasteiger partial charge in [-0.15, -0.1) is 0 Å². The summed E-state index contributed by atoms with van der Waals surface area (Å²) in [5.41, 5.74) is 1.77. The molecule has 6 rings (SSSR count). The summed E-state index contributed by atoms with van der Waals surface area (Å²) in [5.74, 6) is -1.14. The maximum Gasteiger partial charge on any atom is 0.266 e. The van der Waals surface area contributed by atoms with E-state index in [9.17, 15) is 18.4 Å². The number of nitrogens with one attached hydrogen (secondary N) is 1. The number of hydrogen-bond acceptors (Lipinski definition) is 4. The highest BCUT2D eigenvalue weighted by atomic mass is 19.2. The highest BCUT2D eigenvalue weighted by Crippen LogP contribution is 2.33. The SMILES string of the molecule is CC(C)(Oc1cccc(C2CCCN(C(=O)c3cccc(-c4ccc(F)c(F)c4)c3)C2)c1)C(=O)N1CC2NCC21. The number of nitrogens with zero attached hydrogens (tertiary/aromatic N) is 2. The Morgan fingerprint density at radius 1 is 0.950 bits per heavy atom. The first kappa shape index (κ1) is 26.4. The lowest BCUT2D eigenvalue weighted by Gasteiger charge is -2.57. The zero-order chi connectivity index (χ0) is 28.0. The van der Waals surface area contributed by atoms with Gasteiger partial charge in [-0.3, -0.25) is 9.59 Å². The summed E-state index contributed by atoms with van der Waals surface area (Å²) in [7, 11) is 0. The third kappa shape index (κ3) is 4.96. The Morgan fingerprint density at radius 3 is 2.48 bits per heavy atom. The number of benzene rings is 3. The Hall–Kier alpha value is -3.78. The van der Waals surface area contributed by atoms with Crippen molar-refractivity contribution in [2.24, 2.45) is 0 Å². The second-order valence-electron chi connectivity index (χ2n) is 11.5. The molecule has 3 aliphatic heterocycles. The van der Waals surface area contributed by atoms with Gasteiger partial charge < -0.3 is 19.9 Å². The predicted molar refractivity (Wildman–Crippen MR) is 148 cm³/mol. The van der Waals surface area contributed by atoms with Gasteiger partial charge in [-0.05, 0) is 79.8 Å². The van der Waals surface area contributed by atoms with Crippen LogP contribution in [-0.2, 0) is 4.79 Å². The first-order valence-corrected chi connectivity index (χ1v) is 13.9. The number of halogens is 2. The van der Waals surface area contributed by atoms with E-state index in [-0.39, 0.29) is 23.8 Å². The van der Waals surface area contributed by atoms with Crippen LogP contribution in [0, 0.1) is 11.6 Å². The molecular formula is C32H33F2N3O3. The molecule has 3 saturated heterocycles. The van der Waals surface area contributed by atoms with Crippen molar-refractivity contribution in [3.63, 3.8) is 0 Å². The molecule has 0 saturated carbocycles. The van der Waals surface area contributed by atoms with E-state index in [2.05, 4.69) is 5.32 Å². The largest absolute Gasteiger partial charge is 0.478 e. The molecule has 0 aromatic heterocycles. The van der Waals surface area contributed by atoms with Crippen molar-refractivity contribution < 1.29 is 23.1 Å². The van der Waals surface area contributed by atoms with Crippen LogP contribution in [0.2, 0.25) is 0 Å². The first-order valence-electron chi connectivity index (χ1n) is 13.9. The number of rotatable bonds is 6. The third-order valence-corrected chi connectivity index (χ3v) is 8.40. The number of amides is 2. The Balaban J connectivity index is 1.14. The van der Waals surface area contributed by atoms with Crippen LogP contribution in [-0.4, -0.2) is 65.5 Å². The molecule has 6 nitrogen and oxygen atoms in total. The summed E-state index contributed by atoms with van der Waals surface area (Å²) >= 11 is 0. The Morgan fingerprint density at radius 2 is 1.75 bits per heavy atom. The van der Waals surface area contributed by atoms with Gasteiger partial charge in [-0.1, -0.05) is 30.3 Å². The maximum atomic E-state index is 13.8. The van der Waals surface area contributed by atoms with Crippen LogP contribution in [0.3, 0.4) is 0 Å². The van der Waals surface area contributed by atoms with Crippen LogP contribution >= 0.6 is 0 Å². The molecule has 3 atom stereocenters. The molecule has 3 aliphatic rings. The lowest BCUT2D eigenvalue weighted by atomic mass is 9.86. The van der Waals surface area contributed by atoms with E-state index in [0.717, 1.165) is 43.6 Å². The Kier molecular flexibility index (Phi) is 6.82. The van der Waals surface area contributed by atoms with E-state index < -0.39 is 17.2 Å². The average molecular weight is 546 g/mol. The van der Waals surface area contributed by atoms with Crippen molar-refractivity contribution in [1.29, 1.82) is 0 Å². The lowest BCUT2D eigenvalue weighted by molar-refractivity contribution is -0.161. The van der Waals surface area contributed by atoms with Gasteiger partial charge in [0.25, 0.3) is 11.8 Å². The number of fused-ring (bicyclic) bond motifs is 1. The fraction of sp³-hybridized carbons (Fsp3) is 0.375. The van der Waals surface area contributed by atoms with E-state index in [0.29, 0.717) is 41.6 Å². The van der Waals surface area contributed by atoms with Crippen LogP contribution in [0.1, 0.15) is 48.5 Å². The Bertz CT molecular complexity index is 1460. The van der Waals surface area contributed by atoms with Crippen LogP contribution in [0.25, 0.3) is 11.1 Å². The predicted octanol–water partition coefficient (Wildman–Crippen LogP) is 4.99. The number of carbonyl (C=O) groups is 2. The van der Waals surface area contributed by atoms with E-state index in [1.807, 2.05) is 47.9 Å². The molecule has 3 heterocycles. The van der Waals surface area contributed by atoms with Crippen molar-refractivity contribution >= 4 is 11.8 Å². The number of hydrogen-bond donors (Lipinski definition) is 1. The molecule has 208 valence electrons. The van der Waals surface area contributed by atoms with Crippen molar-refractivity contribution in [2.75, 3.05) is 26.2 Å². The minimum Gasteiger partial charge on any atom is -0.478 e. The number of carbonyl (C=O) groups excluding carboxylic acids is 2. The highest BCUT2D eigenvalue weighted by Gasteiger charge is 2.51. The van der Waals surface area contributed by atoms with Gasteiger partial charge in [-0.2, -0.15) is 0 Å². The first-order chi connectivity index (χ1) is 19.2. The summed E-state index contributed by atoms with van der Waals surface area (Å²) < 4.78 is 33.4. The molecular weight excluding hydrogens is 512 g/mol. The average Bonchev–Trinajstić information content (AvgIpc) is 2.95. The summed E-state index contributed by atoms with van der Waals surface area (Å²) in [6.45, 7) is 6.41. The third-order valence-electron chi connectivity index (χ3n) is 8.40. The van der Waals surface area contributed by atoms with Gasteiger partial charge in [0.1, 0.15) is 5.75 Å². The zero-order valence-corrected chi connectivity index (χ0v) is 22.7. The fourth-order valence-corrected chi connectivity index (χ4v) is 5.99. The second kappa shape index (κ2) is 10.3. The monoisotopic (exact) mass is 545 g/mol. The molecule has 3 unspecified atom stereocenters. The summed E-state index contributed by atoms with van der Waals surface area (Å²) in [6.07, 6.45) is 1.80. The molecule has 40 heavy (non-hydrogen) atoms. The smallest absolute Gasteiger partial charge is 0.266 e. The van der Waals surface area contributed by atoms with E-state index in [4.69, 9.17) is 4.74 Å². The number of likely N-dealkylation sites (tertiary alicyclic amines) is 2. The van der Waals surface area contributed by atoms with Crippen LogP contribution in [0.15, 0.2) is 66.7 Å². The summed E-state index contributed by atoms with van der Waals surface area (Å²) in [4.78, 5) is 30.4. The van der Waals surface area contributed by atoms with Gasteiger partial charge in [-0.25, -0.2) is 8.78 Å². The van der Waals surface area contributed by atoms with Crippen LogP contribution in [0.4, 0.5) is 8.78 Å². The van der Waals surface area contributed by atoms with E-state index in [1.165, 1.54) is 6.07 Å². The molecule has 3 fully saturated rings. The molecule has 8 heteroatoms. The number of piperazine rings is 1. The highest BCUT2D eigenvalue weighted by molar-refractivity contribution is 5.95. The van der Waals surface area contributed by atoms with Gasteiger partial charge in [0.2, 0.25) is 0 Å². The van der Waals surface area contributed by atoms with Crippen molar-refractivity contribution in [3.05, 3.63) is 89.5 Å². The summed E-state index contributed by atoms with van der Waals surface area (Å²) in [5, 5.41) is 3.32. The van der Waals surface area contributed by atoms with E-state index in [1.54, 1.807) is 24.3 Å². The molecule has 0 aliphatic carbocycles.